The molecule has 0 aliphatic heterocycles. The molecule has 0 unspecified atom stereocenters. The molecule has 1 heterocycles. The van der Waals surface area contributed by atoms with Crippen LogP contribution in [0.3, 0.4) is 0 Å². The highest BCUT2D eigenvalue weighted by Crippen LogP contribution is 2.21. The van der Waals surface area contributed by atoms with E-state index in [0.717, 1.165) is 24.3 Å². The Morgan fingerprint density at radius 3 is 2.37 bits per heavy atom. The Labute approximate surface area is 153 Å². The van der Waals surface area contributed by atoms with E-state index in [-0.39, 0.29) is 16.3 Å². The van der Waals surface area contributed by atoms with Gasteiger partial charge in [0.1, 0.15) is 23.1 Å². The highest BCUT2D eigenvalue weighted by atomic mass is 32.2. The zero-order valence-electron chi connectivity index (χ0n) is 13.9. The number of amides is 1. The van der Waals surface area contributed by atoms with Gasteiger partial charge in [0, 0.05) is 11.6 Å². The molecule has 0 bridgehead atoms. The molecule has 27 heavy (non-hydrogen) atoms. The van der Waals surface area contributed by atoms with Crippen LogP contribution in [0.5, 0.6) is 0 Å². The van der Waals surface area contributed by atoms with E-state index in [1.807, 2.05) is 0 Å². The molecule has 0 saturated carbocycles. The Morgan fingerprint density at radius 1 is 1.07 bits per heavy atom. The maximum absolute atomic E-state index is 13.7. The van der Waals surface area contributed by atoms with Crippen LogP contribution in [-0.4, -0.2) is 19.5 Å². The van der Waals surface area contributed by atoms with Crippen molar-refractivity contribution in [3.63, 3.8) is 0 Å². The van der Waals surface area contributed by atoms with Crippen LogP contribution in [0, 0.1) is 18.6 Å². The van der Waals surface area contributed by atoms with Crippen molar-refractivity contribution in [3.05, 3.63) is 71.5 Å². The number of carbonyl (C=O) groups is 1. The first-order chi connectivity index (χ1) is 12.8. The molecular weight excluding hydrogens is 380 g/mol. The highest BCUT2D eigenvalue weighted by Gasteiger charge is 2.19. The molecule has 3 aromatic rings. The average molecular weight is 393 g/mol. The first kappa shape index (κ1) is 18.5. The summed E-state index contributed by atoms with van der Waals surface area (Å²) in [5.74, 6) is -2.37. The van der Waals surface area contributed by atoms with E-state index in [9.17, 15) is 22.0 Å². The Hall–Kier alpha value is -3.27. The largest absolute Gasteiger partial charge is 0.360 e. The van der Waals surface area contributed by atoms with Gasteiger partial charge in [-0.3, -0.25) is 9.52 Å². The number of rotatable bonds is 5. The fraction of sp³-hybridized carbons (Fsp3) is 0.0588. The average Bonchev–Trinajstić information content (AvgIpc) is 3.02. The highest BCUT2D eigenvalue weighted by molar-refractivity contribution is 7.92. The molecule has 0 fully saturated rings. The first-order valence-electron chi connectivity index (χ1n) is 7.58. The first-order valence-corrected chi connectivity index (χ1v) is 9.06. The second-order valence-corrected chi connectivity index (χ2v) is 7.19. The number of aromatic nitrogens is 1. The van der Waals surface area contributed by atoms with E-state index in [2.05, 4.69) is 15.2 Å². The Kier molecular flexibility index (Phi) is 4.91. The molecule has 0 aliphatic rings. The van der Waals surface area contributed by atoms with Crippen LogP contribution in [0.15, 0.2) is 57.9 Å². The summed E-state index contributed by atoms with van der Waals surface area (Å²) in [6, 6.07) is 9.49. The van der Waals surface area contributed by atoms with E-state index in [4.69, 9.17) is 4.52 Å². The summed E-state index contributed by atoms with van der Waals surface area (Å²) < 4.78 is 59.1. The number of hydrogen-bond acceptors (Lipinski definition) is 5. The van der Waals surface area contributed by atoms with Crippen LogP contribution < -0.4 is 10.0 Å². The minimum absolute atomic E-state index is 0.0178. The van der Waals surface area contributed by atoms with Crippen molar-refractivity contribution in [1.82, 2.24) is 5.16 Å². The second-order valence-electron chi connectivity index (χ2n) is 5.51. The van der Waals surface area contributed by atoms with Gasteiger partial charge in [-0.1, -0.05) is 17.3 Å². The van der Waals surface area contributed by atoms with Crippen molar-refractivity contribution in [2.24, 2.45) is 0 Å². The lowest BCUT2D eigenvalue weighted by Crippen LogP contribution is -2.17. The fourth-order valence-corrected chi connectivity index (χ4v) is 3.25. The molecule has 2 aromatic carbocycles. The summed E-state index contributed by atoms with van der Waals surface area (Å²) in [6.07, 6.45) is 0. The Morgan fingerprint density at radius 2 is 1.74 bits per heavy atom. The van der Waals surface area contributed by atoms with Crippen molar-refractivity contribution >= 4 is 27.4 Å². The SMILES string of the molecule is Cc1cc(NS(=O)(=O)c2cccc(C(=O)Nc3c(F)cccc3F)c2)no1. The van der Waals surface area contributed by atoms with Gasteiger partial charge in [0.05, 0.1) is 4.90 Å². The Balaban J connectivity index is 1.85. The van der Waals surface area contributed by atoms with Gasteiger partial charge in [-0.25, -0.2) is 17.2 Å². The summed E-state index contributed by atoms with van der Waals surface area (Å²) in [4.78, 5) is 12.0. The minimum atomic E-state index is -4.05. The van der Waals surface area contributed by atoms with E-state index in [1.54, 1.807) is 6.92 Å². The monoisotopic (exact) mass is 393 g/mol. The maximum atomic E-state index is 13.7. The number of aryl methyl sites for hydroxylation is 1. The molecule has 140 valence electrons. The number of nitrogens with zero attached hydrogens (tertiary/aromatic N) is 1. The number of benzene rings is 2. The second kappa shape index (κ2) is 7.16. The van der Waals surface area contributed by atoms with Crippen molar-refractivity contribution in [2.75, 3.05) is 10.0 Å². The summed E-state index contributed by atoms with van der Waals surface area (Å²) in [5.41, 5.74) is -0.719. The predicted molar refractivity (Wildman–Crippen MR) is 92.8 cm³/mol. The maximum Gasteiger partial charge on any atom is 0.263 e. The van der Waals surface area contributed by atoms with Crippen LogP contribution in [0.2, 0.25) is 0 Å². The number of sulfonamides is 1. The van der Waals surface area contributed by atoms with Gasteiger partial charge in [0.25, 0.3) is 15.9 Å². The van der Waals surface area contributed by atoms with E-state index >= 15 is 0 Å². The van der Waals surface area contributed by atoms with Crippen molar-refractivity contribution in [3.8, 4) is 0 Å². The zero-order chi connectivity index (χ0) is 19.6. The molecule has 1 amide bonds. The molecule has 0 spiro atoms. The van der Waals surface area contributed by atoms with Gasteiger partial charge >= 0.3 is 0 Å². The van der Waals surface area contributed by atoms with Crippen molar-refractivity contribution in [1.29, 1.82) is 0 Å². The summed E-state index contributed by atoms with van der Waals surface area (Å²) in [6.45, 7) is 1.59. The molecular formula is C17H13F2N3O4S. The minimum Gasteiger partial charge on any atom is -0.360 e. The third-order valence-corrected chi connectivity index (χ3v) is 4.83. The number of hydrogen-bond donors (Lipinski definition) is 2. The van der Waals surface area contributed by atoms with Crippen LogP contribution in [0.4, 0.5) is 20.3 Å². The smallest absolute Gasteiger partial charge is 0.263 e. The third-order valence-electron chi connectivity index (χ3n) is 3.47. The predicted octanol–water partition coefficient (Wildman–Crippen LogP) is 3.31. The number of halogens is 2. The van der Waals surface area contributed by atoms with Gasteiger partial charge in [0.2, 0.25) is 0 Å². The molecule has 10 heteroatoms. The number of anilines is 2. The molecule has 0 aliphatic carbocycles. The summed E-state index contributed by atoms with van der Waals surface area (Å²) in [7, 11) is -4.05. The van der Waals surface area contributed by atoms with Gasteiger partial charge in [-0.05, 0) is 37.3 Å². The molecule has 2 N–H and O–H groups in total. The number of para-hydroxylation sites is 1. The molecule has 0 saturated heterocycles. The number of carbonyl (C=O) groups excluding carboxylic acids is 1. The molecule has 0 radical (unpaired) electrons. The third kappa shape index (κ3) is 4.11. The molecule has 1 aromatic heterocycles. The number of nitrogens with one attached hydrogen (secondary N) is 2. The lowest BCUT2D eigenvalue weighted by molar-refractivity contribution is 0.102. The van der Waals surface area contributed by atoms with E-state index < -0.39 is 33.3 Å². The van der Waals surface area contributed by atoms with Gasteiger partial charge in [-0.15, -0.1) is 0 Å². The summed E-state index contributed by atoms with van der Waals surface area (Å²) >= 11 is 0. The standard InChI is InChI=1S/C17H13F2N3O4S/c1-10-8-15(21-26-10)22-27(24,25)12-5-2-4-11(9-12)17(23)20-16-13(18)6-3-7-14(16)19/h2-9H,1H3,(H,20,23)(H,21,22). The summed E-state index contributed by atoms with van der Waals surface area (Å²) in [5, 5.41) is 5.63. The zero-order valence-corrected chi connectivity index (χ0v) is 14.7. The molecule has 0 atom stereocenters. The molecule has 7 nitrogen and oxygen atoms in total. The van der Waals surface area contributed by atoms with E-state index in [1.165, 1.54) is 24.3 Å². The van der Waals surface area contributed by atoms with E-state index in [0.29, 0.717) is 5.76 Å². The van der Waals surface area contributed by atoms with Gasteiger partial charge in [-0.2, -0.15) is 0 Å². The van der Waals surface area contributed by atoms with Crippen LogP contribution in [-0.2, 0) is 10.0 Å². The normalized spacial score (nSPS) is 11.2. The van der Waals surface area contributed by atoms with Crippen LogP contribution in [0.25, 0.3) is 0 Å². The lowest BCUT2D eigenvalue weighted by Gasteiger charge is -2.09. The molecule has 3 rings (SSSR count). The lowest BCUT2D eigenvalue weighted by atomic mass is 10.2. The van der Waals surface area contributed by atoms with Crippen molar-refractivity contribution in [2.45, 2.75) is 11.8 Å². The van der Waals surface area contributed by atoms with Crippen molar-refractivity contribution < 1.29 is 26.5 Å². The van der Waals surface area contributed by atoms with Gasteiger partial charge in [0.15, 0.2) is 5.82 Å². The van der Waals surface area contributed by atoms with Gasteiger partial charge < -0.3 is 9.84 Å². The fourth-order valence-electron chi connectivity index (χ4n) is 2.22. The van der Waals surface area contributed by atoms with Crippen LogP contribution in [0.1, 0.15) is 16.1 Å². The topological polar surface area (TPSA) is 101 Å². The van der Waals surface area contributed by atoms with Crippen LogP contribution >= 0.6 is 0 Å². The quantitative estimate of drug-likeness (QED) is 0.693. The Bertz CT molecular complexity index is 1090.